The molecular formula is C23H34F2N2O6. The van der Waals surface area contributed by atoms with Gasteiger partial charge in [0.1, 0.15) is 18.0 Å². The third-order valence-corrected chi connectivity index (χ3v) is 5.08. The smallest absolute Gasteiger partial charge is 0.410 e. The molecule has 0 saturated carbocycles. The van der Waals surface area contributed by atoms with E-state index in [-0.39, 0.29) is 43.6 Å². The van der Waals surface area contributed by atoms with E-state index in [1.807, 2.05) is 6.92 Å². The van der Waals surface area contributed by atoms with Crippen molar-refractivity contribution in [2.24, 2.45) is 0 Å². The molecule has 2 rings (SSSR count). The number of ether oxygens (including phenoxy) is 4. The van der Waals surface area contributed by atoms with E-state index < -0.39 is 36.0 Å². The molecule has 0 radical (unpaired) electrons. The van der Waals surface area contributed by atoms with Crippen LogP contribution >= 0.6 is 0 Å². The van der Waals surface area contributed by atoms with E-state index in [1.54, 1.807) is 32.8 Å². The normalized spacial score (nSPS) is 16.5. The predicted octanol–water partition coefficient (Wildman–Crippen LogP) is 4.35. The quantitative estimate of drug-likeness (QED) is 0.524. The summed E-state index contributed by atoms with van der Waals surface area (Å²) in [7, 11) is 1.55. The van der Waals surface area contributed by atoms with E-state index in [4.69, 9.17) is 18.9 Å². The largest absolute Gasteiger partial charge is 0.490 e. The van der Waals surface area contributed by atoms with Crippen molar-refractivity contribution in [3.8, 4) is 5.75 Å². The molecule has 0 bridgehead atoms. The Morgan fingerprint density at radius 3 is 2.48 bits per heavy atom. The van der Waals surface area contributed by atoms with Crippen LogP contribution in [-0.4, -0.2) is 73.6 Å². The summed E-state index contributed by atoms with van der Waals surface area (Å²) in [4.78, 5) is 28.0. The molecule has 1 aromatic carbocycles. The maximum atomic E-state index is 14.7. The highest BCUT2D eigenvalue weighted by atomic mass is 19.1. The highest BCUT2D eigenvalue weighted by molar-refractivity contribution is 5.71. The van der Waals surface area contributed by atoms with Gasteiger partial charge in [0.25, 0.3) is 0 Å². The lowest BCUT2D eigenvalue weighted by Crippen LogP contribution is -2.57. The maximum Gasteiger partial charge on any atom is 0.410 e. The van der Waals surface area contributed by atoms with E-state index in [2.05, 4.69) is 0 Å². The van der Waals surface area contributed by atoms with Gasteiger partial charge >= 0.3 is 12.2 Å². The molecule has 1 aliphatic heterocycles. The van der Waals surface area contributed by atoms with Crippen molar-refractivity contribution in [1.29, 1.82) is 0 Å². The minimum absolute atomic E-state index is 0.115. The van der Waals surface area contributed by atoms with Gasteiger partial charge in [0.05, 0.1) is 18.2 Å². The second-order valence-electron chi connectivity index (χ2n) is 8.77. The average molecular weight is 473 g/mol. The summed E-state index contributed by atoms with van der Waals surface area (Å²) in [5, 5.41) is 0. The number of nitrogens with zero attached hydrogens (tertiary/aromatic N) is 2. The molecule has 1 aliphatic rings. The highest BCUT2D eigenvalue weighted by Gasteiger charge is 2.34. The number of halogens is 2. The summed E-state index contributed by atoms with van der Waals surface area (Å²) in [6.45, 7) is 8.10. The molecule has 1 aromatic rings. The van der Waals surface area contributed by atoms with Crippen molar-refractivity contribution in [3.05, 3.63) is 29.3 Å². The molecule has 33 heavy (non-hydrogen) atoms. The molecule has 1 heterocycles. The summed E-state index contributed by atoms with van der Waals surface area (Å²) >= 11 is 0. The van der Waals surface area contributed by atoms with E-state index in [0.29, 0.717) is 19.4 Å². The number of methoxy groups -OCH3 is 1. The molecule has 10 heteroatoms. The Balaban J connectivity index is 1.98. The van der Waals surface area contributed by atoms with Gasteiger partial charge in [-0.2, -0.15) is 0 Å². The zero-order valence-corrected chi connectivity index (χ0v) is 20.0. The van der Waals surface area contributed by atoms with Crippen molar-refractivity contribution in [2.45, 2.75) is 58.8 Å². The van der Waals surface area contributed by atoms with Gasteiger partial charge in [-0.3, -0.25) is 0 Å². The minimum Gasteiger partial charge on any atom is -0.490 e. The maximum absolute atomic E-state index is 14.7. The first kappa shape index (κ1) is 26.6. The predicted molar refractivity (Wildman–Crippen MR) is 117 cm³/mol. The molecule has 0 spiro atoms. The Morgan fingerprint density at radius 1 is 1.12 bits per heavy atom. The summed E-state index contributed by atoms with van der Waals surface area (Å²) in [6, 6.07) is 1.97. The molecule has 0 unspecified atom stereocenters. The highest BCUT2D eigenvalue weighted by Crippen LogP contribution is 2.25. The molecular weight excluding hydrogens is 438 g/mol. The zero-order valence-electron chi connectivity index (χ0n) is 20.0. The molecule has 8 nitrogen and oxygen atoms in total. The third-order valence-electron chi connectivity index (χ3n) is 5.08. The zero-order chi connectivity index (χ0) is 24.6. The van der Waals surface area contributed by atoms with Crippen LogP contribution in [0.4, 0.5) is 18.4 Å². The second kappa shape index (κ2) is 12.0. The minimum atomic E-state index is -0.901. The number of carbonyl (C=O) groups is 2. The Kier molecular flexibility index (Phi) is 9.70. The van der Waals surface area contributed by atoms with Gasteiger partial charge in [0.2, 0.25) is 0 Å². The van der Waals surface area contributed by atoms with Crippen LogP contribution < -0.4 is 4.74 Å². The van der Waals surface area contributed by atoms with Crippen LogP contribution in [0.5, 0.6) is 5.75 Å². The Hall–Kier alpha value is -2.62. The summed E-state index contributed by atoms with van der Waals surface area (Å²) in [5.41, 5.74) is -1.00. The number of piperazine rings is 1. The molecule has 2 amide bonds. The summed E-state index contributed by atoms with van der Waals surface area (Å²) in [6.07, 6.45) is -0.0240. The van der Waals surface area contributed by atoms with Gasteiger partial charge in [0, 0.05) is 39.8 Å². The molecule has 0 N–H and O–H groups in total. The third kappa shape index (κ3) is 7.73. The first-order valence-electron chi connectivity index (χ1n) is 11.1. The molecule has 186 valence electrons. The van der Waals surface area contributed by atoms with Crippen LogP contribution in [0.15, 0.2) is 12.1 Å². The van der Waals surface area contributed by atoms with Crippen LogP contribution in [0.2, 0.25) is 0 Å². The fourth-order valence-corrected chi connectivity index (χ4v) is 3.36. The van der Waals surface area contributed by atoms with Crippen LogP contribution in [-0.2, 0) is 20.8 Å². The van der Waals surface area contributed by atoms with E-state index >= 15 is 0 Å². The van der Waals surface area contributed by atoms with Crippen molar-refractivity contribution in [2.75, 3.05) is 40.0 Å². The number of amides is 2. The summed E-state index contributed by atoms with van der Waals surface area (Å²) < 4.78 is 49.8. The standard InChI is InChI=1S/C23H34F2N2O6/c1-6-16-14-26(21(28)33-23(2,3)4)10-11-27(16)22(29)32-15-17-18(24)8-9-19(20(17)25)31-13-7-12-30-5/h8-9,16H,6-7,10-15H2,1-5H3/t16-/m1/s1. The van der Waals surface area contributed by atoms with Gasteiger partial charge < -0.3 is 28.7 Å². The molecule has 1 saturated heterocycles. The first-order valence-corrected chi connectivity index (χ1v) is 11.1. The fourth-order valence-electron chi connectivity index (χ4n) is 3.36. The molecule has 1 fully saturated rings. The van der Waals surface area contributed by atoms with Gasteiger partial charge in [0.15, 0.2) is 11.6 Å². The Labute approximate surface area is 193 Å². The number of benzene rings is 1. The molecule has 0 aromatic heterocycles. The van der Waals surface area contributed by atoms with Crippen molar-refractivity contribution in [1.82, 2.24) is 9.80 Å². The van der Waals surface area contributed by atoms with E-state index in [0.717, 1.165) is 6.07 Å². The lowest BCUT2D eigenvalue weighted by Gasteiger charge is -2.40. The fraction of sp³-hybridized carbons (Fsp3) is 0.652. The van der Waals surface area contributed by atoms with Crippen LogP contribution in [0.1, 0.15) is 46.1 Å². The van der Waals surface area contributed by atoms with Gasteiger partial charge in [-0.15, -0.1) is 0 Å². The number of hydrogen-bond donors (Lipinski definition) is 0. The number of carbonyl (C=O) groups excluding carboxylic acids is 2. The van der Waals surface area contributed by atoms with Gasteiger partial charge in [-0.05, 0) is 39.3 Å². The molecule has 1 atom stereocenters. The van der Waals surface area contributed by atoms with E-state index in [1.165, 1.54) is 11.0 Å². The SMILES string of the molecule is CC[C@@H]1CN(C(=O)OC(C)(C)C)CCN1C(=O)OCc1c(F)ccc(OCCCOC)c1F. The monoisotopic (exact) mass is 472 g/mol. The van der Waals surface area contributed by atoms with E-state index in [9.17, 15) is 18.4 Å². The first-order chi connectivity index (χ1) is 15.6. The molecule has 0 aliphatic carbocycles. The van der Waals surface area contributed by atoms with Crippen LogP contribution in [0.3, 0.4) is 0 Å². The lowest BCUT2D eigenvalue weighted by molar-refractivity contribution is 0.000522. The average Bonchev–Trinajstić information content (AvgIpc) is 2.76. The second-order valence-corrected chi connectivity index (χ2v) is 8.77. The van der Waals surface area contributed by atoms with Crippen LogP contribution in [0.25, 0.3) is 0 Å². The van der Waals surface area contributed by atoms with Crippen molar-refractivity contribution >= 4 is 12.2 Å². The van der Waals surface area contributed by atoms with Crippen LogP contribution in [0, 0.1) is 11.6 Å². The van der Waals surface area contributed by atoms with Gasteiger partial charge in [-0.1, -0.05) is 6.92 Å². The van der Waals surface area contributed by atoms with Crippen molar-refractivity contribution < 1.29 is 37.3 Å². The topological polar surface area (TPSA) is 77.5 Å². The number of hydrogen-bond acceptors (Lipinski definition) is 6. The Bertz CT molecular complexity index is 815. The Morgan fingerprint density at radius 2 is 1.85 bits per heavy atom. The van der Waals surface area contributed by atoms with Crippen molar-refractivity contribution in [3.63, 3.8) is 0 Å². The number of rotatable bonds is 8. The summed E-state index contributed by atoms with van der Waals surface area (Å²) in [5.74, 6) is -1.84. The van der Waals surface area contributed by atoms with Gasteiger partial charge in [-0.25, -0.2) is 18.4 Å². The lowest BCUT2D eigenvalue weighted by atomic mass is 10.1.